The molecule has 0 amide bonds. The lowest BCUT2D eigenvalue weighted by Gasteiger charge is -2.11. The van der Waals surface area contributed by atoms with Gasteiger partial charge in [-0.15, -0.1) is 0 Å². The Kier molecular flexibility index (Phi) is 3.05. The van der Waals surface area contributed by atoms with Crippen molar-refractivity contribution in [1.29, 1.82) is 5.41 Å². The molecular weight excluding hydrogens is 208 g/mol. The summed E-state index contributed by atoms with van der Waals surface area (Å²) in [6, 6.07) is 9.72. The Morgan fingerprint density at radius 2 is 1.76 bits per heavy atom. The summed E-state index contributed by atoms with van der Waals surface area (Å²) in [5.41, 5.74) is 5.86. The number of rotatable bonds is 2. The van der Waals surface area contributed by atoms with Gasteiger partial charge in [0.05, 0.1) is 11.4 Å². The van der Waals surface area contributed by atoms with Gasteiger partial charge in [0, 0.05) is 11.8 Å². The van der Waals surface area contributed by atoms with Crippen molar-refractivity contribution in [2.75, 3.05) is 0 Å². The third kappa shape index (κ3) is 2.11. The minimum Gasteiger partial charge on any atom is -0.298 e. The molecule has 0 atom stereocenters. The van der Waals surface area contributed by atoms with E-state index in [1.165, 1.54) is 16.7 Å². The summed E-state index contributed by atoms with van der Waals surface area (Å²) in [5.74, 6) is 0. The normalized spacial score (nSPS) is 10.3. The Morgan fingerprint density at radius 1 is 1.00 bits per heavy atom. The quantitative estimate of drug-likeness (QED) is 0.780. The van der Waals surface area contributed by atoms with E-state index in [2.05, 4.69) is 31.8 Å². The Labute approximate surface area is 102 Å². The van der Waals surface area contributed by atoms with Crippen LogP contribution in [-0.2, 0) is 0 Å². The molecule has 0 saturated carbocycles. The van der Waals surface area contributed by atoms with E-state index in [4.69, 9.17) is 5.41 Å². The Morgan fingerprint density at radius 3 is 2.41 bits per heavy atom. The van der Waals surface area contributed by atoms with Gasteiger partial charge in [-0.05, 0) is 49.6 Å². The highest BCUT2D eigenvalue weighted by Crippen LogP contribution is 2.19. The van der Waals surface area contributed by atoms with Crippen LogP contribution in [0.15, 0.2) is 36.5 Å². The van der Waals surface area contributed by atoms with Crippen molar-refractivity contribution in [2.24, 2.45) is 0 Å². The zero-order valence-corrected chi connectivity index (χ0v) is 10.4. The minimum absolute atomic E-state index is 0.492. The van der Waals surface area contributed by atoms with Crippen LogP contribution in [0, 0.1) is 26.2 Å². The maximum absolute atomic E-state index is 8.22. The predicted octanol–water partition coefficient (Wildman–Crippen LogP) is 3.42. The average Bonchev–Trinajstić information content (AvgIpc) is 2.36. The number of nitrogens with one attached hydrogen (secondary N) is 1. The van der Waals surface area contributed by atoms with Crippen molar-refractivity contribution in [3.63, 3.8) is 0 Å². The number of nitrogens with zero attached hydrogens (tertiary/aromatic N) is 1. The number of hydrogen-bond acceptors (Lipinski definition) is 2. The second kappa shape index (κ2) is 4.50. The summed E-state index contributed by atoms with van der Waals surface area (Å²) in [7, 11) is 0. The predicted molar refractivity (Wildman–Crippen MR) is 70.8 cm³/mol. The van der Waals surface area contributed by atoms with E-state index in [0.29, 0.717) is 5.71 Å². The van der Waals surface area contributed by atoms with Gasteiger partial charge in [0.15, 0.2) is 0 Å². The summed E-state index contributed by atoms with van der Waals surface area (Å²) in [6.45, 7) is 6.26. The molecule has 0 bridgehead atoms. The van der Waals surface area contributed by atoms with Crippen molar-refractivity contribution in [2.45, 2.75) is 20.8 Å². The highest BCUT2D eigenvalue weighted by atomic mass is 14.7. The number of hydrogen-bond donors (Lipinski definition) is 1. The van der Waals surface area contributed by atoms with Gasteiger partial charge in [-0.2, -0.15) is 0 Å². The molecule has 2 aromatic rings. The van der Waals surface area contributed by atoms with E-state index in [-0.39, 0.29) is 0 Å². The fourth-order valence-electron chi connectivity index (χ4n) is 1.88. The molecule has 0 aliphatic carbocycles. The van der Waals surface area contributed by atoms with E-state index >= 15 is 0 Å². The smallest absolute Gasteiger partial charge is 0.0885 e. The Balaban J connectivity index is 2.49. The van der Waals surface area contributed by atoms with Crippen LogP contribution in [0.25, 0.3) is 0 Å². The Hall–Kier alpha value is -1.96. The standard InChI is InChI=1S/C15H16N2/c1-10-7-8-13(12(3)11(10)2)15(16)14-6-4-5-9-17-14/h4-9,16H,1-3H3. The molecule has 0 aliphatic heterocycles. The molecule has 0 spiro atoms. The zero-order chi connectivity index (χ0) is 12.4. The number of aromatic nitrogens is 1. The SMILES string of the molecule is Cc1ccc(C(=N)c2ccccn2)c(C)c1C. The maximum atomic E-state index is 8.22. The summed E-state index contributed by atoms with van der Waals surface area (Å²) in [4.78, 5) is 4.22. The lowest BCUT2D eigenvalue weighted by molar-refractivity contribution is 1.23. The van der Waals surface area contributed by atoms with E-state index in [0.717, 1.165) is 11.3 Å². The van der Waals surface area contributed by atoms with Crippen LogP contribution in [0.4, 0.5) is 0 Å². The molecule has 2 nitrogen and oxygen atoms in total. The van der Waals surface area contributed by atoms with Crippen LogP contribution in [0.2, 0.25) is 0 Å². The molecule has 0 saturated heterocycles. The van der Waals surface area contributed by atoms with E-state index in [1.807, 2.05) is 24.3 Å². The molecule has 1 aromatic heterocycles. The third-order valence-corrected chi connectivity index (χ3v) is 3.25. The van der Waals surface area contributed by atoms with Gasteiger partial charge >= 0.3 is 0 Å². The van der Waals surface area contributed by atoms with Crippen LogP contribution in [0.3, 0.4) is 0 Å². The van der Waals surface area contributed by atoms with Gasteiger partial charge in [-0.1, -0.05) is 18.2 Å². The third-order valence-electron chi connectivity index (χ3n) is 3.25. The van der Waals surface area contributed by atoms with Gasteiger partial charge in [0.1, 0.15) is 0 Å². The van der Waals surface area contributed by atoms with Gasteiger partial charge < -0.3 is 0 Å². The highest BCUT2D eigenvalue weighted by molar-refractivity contribution is 6.10. The summed E-state index contributed by atoms with van der Waals surface area (Å²) in [5, 5.41) is 8.22. The molecule has 1 aromatic carbocycles. The van der Waals surface area contributed by atoms with Crippen LogP contribution < -0.4 is 0 Å². The minimum atomic E-state index is 0.492. The van der Waals surface area contributed by atoms with Gasteiger partial charge in [-0.3, -0.25) is 10.4 Å². The number of pyridine rings is 1. The molecular formula is C15H16N2. The topological polar surface area (TPSA) is 36.7 Å². The molecule has 2 rings (SSSR count). The van der Waals surface area contributed by atoms with E-state index in [1.54, 1.807) is 6.20 Å². The van der Waals surface area contributed by atoms with Crippen molar-refractivity contribution in [3.05, 3.63) is 64.5 Å². The molecule has 86 valence electrons. The molecule has 0 fully saturated rings. The molecule has 17 heavy (non-hydrogen) atoms. The van der Waals surface area contributed by atoms with Crippen LogP contribution in [0.1, 0.15) is 27.9 Å². The summed E-state index contributed by atoms with van der Waals surface area (Å²) >= 11 is 0. The van der Waals surface area contributed by atoms with Crippen LogP contribution in [0.5, 0.6) is 0 Å². The van der Waals surface area contributed by atoms with Gasteiger partial charge in [0.2, 0.25) is 0 Å². The largest absolute Gasteiger partial charge is 0.298 e. The average molecular weight is 224 g/mol. The van der Waals surface area contributed by atoms with Crippen molar-refractivity contribution >= 4 is 5.71 Å². The van der Waals surface area contributed by atoms with E-state index in [9.17, 15) is 0 Å². The molecule has 0 radical (unpaired) electrons. The molecule has 1 heterocycles. The monoisotopic (exact) mass is 224 g/mol. The Bertz CT molecular complexity index is 557. The number of aryl methyl sites for hydroxylation is 1. The molecule has 2 heteroatoms. The summed E-state index contributed by atoms with van der Waals surface area (Å²) in [6.07, 6.45) is 1.72. The van der Waals surface area contributed by atoms with Crippen molar-refractivity contribution < 1.29 is 0 Å². The first-order chi connectivity index (χ1) is 8.11. The zero-order valence-electron chi connectivity index (χ0n) is 10.4. The first kappa shape index (κ1) is 11.5. The van der Waals surface area contributed by atoms with Crippen LogP contribution in [-0.4, -0.2) is 10.7 Å². The van der Waals surface area contributed by atoms with Crippen molar-refractivity contribution in [3.8, 4) is 0 Å². The second-order valence-corrected chi connectivity index (χ2v) is 4.27. The molecule has 0 aliphatic rings. The van der Waals surface area contributed by atoms with Gasteiger partial charge in [0.25, 0.3) is 0 Å². The first-order valence-corrected chi connectivity index (χ1v) is 5.68. The first-order valence-electron chi connectivity index (χ1n) is 5.68. The second-order valence-electron chi connectivity index (χ2n) is 4.27. The lowest BCUT2D eigenvalue weighted by atomic mass is 9.95. The fraction of sp³-hybridized carbons (Fsp3) is 0.200. The van der Waals surface area contributed by atoms with E-state index < -0.39 is 0 Å². The molecule has 1 N–H and O–H groups in total. The summed E-state index contributed by atoms with van der Waals surface area (Å²) < 4.78 is 0. The number of benzene rings is 1. The fourth-order valence-corrected chi connectivity index (χ4v) is 1.88. The highest BCUT2D eigenvalue weighted by Gasteiger charge is 2.10. The molecule has 0 unspecified atom stereocenters. The lowest BCUT2D eigenvalue weighted by Crippen LogP contribution is -2.07. The van der Waals surface area contributed by atoms with Crippen LogP contribution >= 0.6 is 0 Å². The van der Waals surface area contributed by atoms with Gasteiger partial charge in [-0.25, -0.2) is 0 Å². The maximum Gasteiger partial charge on any atom is 0.0885 e. The van der Waals surface area contributed by atoms with Crippen molar-refractivity contribution in [1.82, 2.24) is 4.98 Å².